The Hall–Kier alpha value is -3.48. The minimum atomic E-state index is -0.170. The summed E-state index contributed by atoms with van der Waals surface area (Å²) in [5.41, 5.74) is 2.30. The van der Waals surface area contributed by atoms with Crippen LogP contribution in [0.15, 0.2) is 53.1 Å². The summed E-state index contributed by atoms with van der Waals surface area (Å²) in [4.78, 5) is 12.3. The highest BCUT2D eigenvalue weighted by molar-refractivity contribution is 5.94. The van der Waals surface area contributed by atoms with Crippen LogP contribution in [0, 0.1) is 13.8 Å². The molecule has 29 heavy (non-hydrogen) atoms. The molecule has 7 nitrogen and oxygen atoms in total. The Kier molecular flexibility index (Phi) is 6.73. The lowest BCUT2D eigenvalue weighted by atomic mass is 10.2. The molecule has 0 spiro atoms. The SMILES string of the molecule is COc1cccc(OCCNC(=O)c2ccc(OCc3c(C)noc3C)cc2)c1. The fourth-order valence-corrected chi connectivity index (χ4v) is 2.69. The first kappa shape index (κ1) is 20.3. The van der Waals surface area contributed by atoms with Crippen LogP contribution in [-0.4, -0.2) is 31.3 Å². The van der Waals surface area contributed by atoms with Crippen molar-refractivity contribution >= 4 is 5.91 Å². The zero-order valence-corrected chi connectivity index (χ0v) is 16.7. The molecule has 0 bridgehead atoms. The Bertz CT molecular complexity index is 931. The molecular formula is C22H24N2O5. The molecule has 0 saturated heterocycles. The number of carbonyl (C=O) groups excluding carboxylic acids is 1. The highest BCUT2D eigenvalue weighted by Crippen LogP contribution is 2.19. The van der Waals surface area contributed by atoms with Gasteiger partial charge in [0.25, 0.3) is 5.91 Å². The average Bonchev–Trinajstić information content (AvgIpc) is 3.07. The summed E-state index contributed by atoms with van der Waals surface area (Å²) in [5, 5.41) is 6.73. The van der Waals surface area contributed by atoms with E-state index in [4.69, 9.17) is 18.7 Å². The van der Waals surface area contributed by atoms with Crippen LogP contribution in [0.1, 0.15) is 27.4 Å². The number of aromatic nitrogens is 1. The first-order chi connectivity index (χ1) is 14.1. The number of nitrogens with one attached hydrogen (secondary N) is 1. The zero-order valence-electron chi connectivity index (χ0n) is 16.7. The molecule has 2 aromatic carbocycles. The second-order valence-corrected chi connectivity index (χ2v) is 6.40. The van der Waals surface area contributed by atoms with E-state index in [0.29, 0.717) is 36.8 Å². The molecule has 1 aromatic heterocycles. The molecule has 0 saturated carbocycles. The maximum absolute atomic E-state index is 12.3. The van der Waals surface area contributed by atoms with Crippen molar-refractivity contribution in [1.82, 2.24) is 10.5 Å². The quantitative estimate of drug-likeness (QED) is 0.556. The van der Waals surface area contributed by atoms with Crippen molar-refractivity contribution in [2.75, 3.05) is 20.3 Å². The lowest BCUT2D eigenvalue weighted by molar-refractivity contribution is 0.0947. The predicted molar refractivity (Wildman–Crippen MR) is 108 cm³/mol. The highest BCUT2D eigenvalue weighted by atomic mass is 16.5. The highest BCUT2D eigenvalue weighted by Gasteiger charge is 2.10. The molecule has 0 unspecified atom stereocenters. The third-order valence-corrected chi connectivity index (χ3v) is 4.38. The van der Waals surface area contributed by atoms with Gasteiger partial charge in [-0.1, -0.05) is 11.2 Å². The van der Waals surface area contributed by atoms with Gasteiger partial charge in [0.05, 0.1) is 24.9 Å². The molecule has 0 fully saturated rings. The van der Waals surface area contributed by atoms with E-state index in [-0.39, 0.29) is 5.91 Å². The van der Waals surface area contributed by atoms with E-state index in [2.05, 4.69) is 10.5 Å². The number of aryl methyl sites for hydroxylation is 2. The minimum Gasteiger partial charge on any atom is -0.497 e. The number of benzene rings is 2. The summed E-state index contributed by atoms with van der Waals surface area (Å²) < 4.78 is 21.6. The molecule has 7 heteroatoms. The van der Waals surface area contributed by atoms with Crippen LogP contribution in [0.5, 0.6) is 17.2 Å². The second-order valence-electron chi connectivity index (χ2n) is 6.40. The Morgan fingerprint density at radius 1 is 1.03 bits per heavy atom. The van der Waals surface area contributed by atoms with E-state index in [9.17, 15) is 4.79 Å². The first-order valence-corrected chi connectivity index (χ1v) is 9.26. The number of hydrogen-bond donors (Lipinski definition) is 1. The van der Waals surface area contributed by atoms with Gasteiger partial charge < -0.3 is 24.1 Å². The zero-order chi connectivity index (χ0) is 20.6. The molecule has 1 N–H and O–H groups in total. The van der Waals surface area contributed by atoms with Crippen LogP contribution in [0.2, 0.25) is 0 Å². The van der Waals surface area contributed by atoms with Crippen LogP contribution >= 0.6 is 0 Å². The van der Waals surface area contributed by atoms with Gasteiger partial charge in [0, 0.05) is 11.6 Å². The van der Waals surface area contributed by atoms with Crippen molar-refractivity contribution in [2.24, 2.45) is 0 Å². The van der Waals surface area contributed by atoms with Crippen molar-refractivity contribution in [3.8, 4) is 17.2 Å². The number of amides is 1. The molecule has 3 aromatic rings. The number of nitrogens with zero attached hydrogens (tertiary/aromatic N) is 1. The van der Waals surface area contributed by atoms with E-state index in [1.54, 1.807) is 37.4 Å². The van der Waals surface area contributed by atoms with Gasteiger partial charge in [0.15, 0.2) is 0 Å². The minimum absolute atomic E-state index is 0.170. The monoisotopic (exact) mass is 396 g/mol. The Morgan fingerprint density at radius 3 is 2.48 bits per heavy atom. The maximum Gasteiger partial charge on any atom is 0.251 e. The van der Waals surface area contributed by atoms with Crippen LogP contribution in [0.3, 0.4) is 0 Å². The molecule has 1 amide bonds. The summed E-state index contributed by atoms with van der Waals surface area (Å²) in [5.74, 6) is 2.66. The van der Waals surface area contributed by atoms with E-state index in [1.165, 1.54) is 0 Å². The van der Waals surface area contributed by atoms with Crippen LogP contribution in [0.25, 0.3) is 0 Å². The number of rotatable bonds is 9. The van der Waals surface area contributed by atoms with Gasteiger partial charge in [0.2, 0.25) is 0 Å². The molecule has 0 atom stereocenters. The lowest BCUT2D eigenvalue weighted by Crippen LogP contribution is -2.28. The fourth-order valence-electron chi connectivity index (χ4n) is 2.69. The lowest BCUT2D eigenvalue weighted by Gasteiger charge is -2.10. The molecule has 0 radical (unpaired) electrons. The second kappa shape index (κ2) is 9.64. The van der Waals surface area contributed by atoms with Crippen molar-refractivity contribution in [1.29, 1.82) is 0 Å². The van der Waals surface area contributed by atoms with Crippen molar-refractivity contribution in [2.45, 2.75) is 20.5 Å². The topological polar surface area (TPSA) is 82.8 Å². The third-order valence-electron chi connectivity index (χ3n) is 4.38. The van der Waals surface area contributed by atoms with Crippen molar-refractivity contribution in [3.05, 3.63) is 71.1 Å². The molecule has 0 aliphatic rings. The predicted octanol–water partition coefficient (Wildman–Crippen LogP) is 3.69. The Balaban J connectivity index is 1.43. The van der Waals surface area contributed by atoms with Gasteiger partial charge in [-0.05, 0) is 50.2 Å². The van der Waals surface area contributed by atoms with Crippen LogP contribution in [-0.2, 0) is 6.61 Å². The molecule has 0 aliphatic carbocycles. The van der Waals surface area contributed by atoms with Gasteiger partial charge in [-0.15, -0.1) is 0 Å². The fraction of sp³-hybridized carbons (Fsp3) is 0.273. The van der Waals surface area contributed by atoms with E-state index >= 15 is 0 Å². The molecule has 3 rings (SSSR count). The molecular weight excluding hydrogens is 372 g/mol. The number of hydrogen-bond acceptors (Lipinski definition) is 6. The maximum atomic E-state index is 12.3. The molecule has 0 aliphatic heterocycles. The Labute approximate surface area is 169 Å². The number of ether oxygens (including phenoxy) is 3. The van der Waals surface area contributed by atoms with Crippen LogP contribution < -0.4 is 19.5 Å². The summed E-state index contributed by atoms with van der Waals surface area (Å²) in [6.45, 7) is 4.84. The standard InChI is InChI=1S/C22H24N2O5/c1-15-21(16(2)29-24-15)14-28-18-9-7-17(8-10-18)22(25)23-11-12-27-20-6-4-5-19(13-20)26-3/h4-10,13H,11-12,14H2,1-3H3,(H,23,25). The van der Waals surface area contributed by atoms with Gasteiger partial charge in [-0.3, -0.25) is 4.79 Å². The Morgan fingerprint density at radius 2 is 1.79 bits per heavy atom. The van der Waals surface area contributed by atoms with Gasteiger partial charge >= 0.3 is 0 Å². The summed E-state index contributed by atoms with van der Waals surface area (Å²) in [6.07, 6.45) is 0. The van der Waals surface area contributed by atoms with Crippen molar-refractivity contribution < 1.29 is 23.5 Å². The molecule has 1 heterocycles. The smallest absolute Gasteiger partial charge is 0.251 e. The normalized spacial score (nSPS) is 10.4. The van der Waals surface area contributed by atoms with Gasteiger partial charge in [-0.2, -0.15) is 0 Å². The van der Waals surface area contributed by atoms with E-state index in [1.807, 2.05) is 32.0 Å². The first-order valence-electron chi connectivity index (χ1n) is 9.26. The van der Waals surface area contributed by atoms with E-state index in [0.717, 1.165) is 22.8 Å². The largest absolute Gasteiger partial charge is 0.497 e. The number of carbonyl (C=O) groups is 1. The molecule has 152 valence electrons. The summed E-state index contributed by atoms with van der Waals surface area (Å²) in [6, 6.07) is 14.3. The van der Waals surface area contributed by atoms with Gasteiger partial charge in [-0.25, -0.2) is 0 Å². The van der Waals surface area contributed by atoms with Gasteiger partial charge in [0.1, 0.15) is 36.2 Å². The summed E-state index contributed by atoms with van der Waals surface area (Å²) in [7, 11) is 1.60. The van der Waals surface area contributed by atoms with Crippen molar-refractivity contribution in [3.63, 3.8) is 0 Å². The summed E-state index contributed by atoms with van der Waals surface area (Å²) >= 11 is 0. The third kappa shape index (κ3) is 5.51. The van der Waals surface area contributed by atoms with Crippen LogP contribution in [0.4, 0.5) is 0 Å². The number of methoxy groups -OCH3 is 1. The van der Waals surface area contributed by atoms with E-state index < -0.39 is 0 Å². The average molecular weight is 396 g/mol.